The molecule has 1 aromatic rings. The smallest absolute Gasteiger partial charge is 0.243 e. The summed E-state index contributed by atoms with van der Waals surface area (Å²) in [6.07, 6.45) is 2.80. The molecule has 0 amide bonds. The Bertz CT molecular complexity index is 551. The Morgan fingerprint density at radius 1 is 1.37 bits per heavy atom. The number of sulfonamides is 1. The van der Waals surface area contributed by atoms with Gasteiger partial charge in [0.25, 0.3) is 0 Å². The van der Waals surface area contributed by atoms with Crippen LogP contribution in [0.25, 0.3) is 0 Å². The second-order valence-electron chi connectivity index (χ2n) is 5.09. The van der Waals surface area contributed by atoms with E-state index in [1.54, 1.807) is 16.4 Å². The molecule has 1 saturated carbocycles. The van der Waals surface area contributed by atoms with Gasteiger partial charge in [0.2, 0.25) is 10.0 Å². The Balaban J connectivity index is 2.43. The fraction of sp³-hybridized carbons (Fsp3) is 0.571. The first-order valence-corrected chi connectivity index (χ1v) is 8.26. The van der Waals surface area contributed by atoms with Crippen molar-refractivity contribution in [2.24, 2.45) is 5.73 Å². The van der Waals surface area contributed by atoms with Gasteiger partial charge in [-0.25, -0.2) is 8.42 Å². The van der Waals surface area contributed by atoms with Gasteiger partial charge < -0.3 is 5.73 Å². The highest BCUT2D eigenvalue weighted by atomic mass is 32.2. The van der Waals surface area contributed by atoms with Crippen LogP contribution in [0.3, 0.4) is 0 Å². The predicted molar refractivity (Wildman–Crippen MR) is 76.3 cm³/mol. The SMILES string of the molecule is CCCN(C1CC1)S(=O)(=O)c1cccc(CN)c1C. The van der Waals surface area contributed by atoms with Crippen molar-refractivity contribution in [1.82, 2.24) is 4.31 Å². The van der Waals surface area contributed by atoms with E-state index in [1.165, 1.54) is 0 Å². The molecule has 5 heteroatoms. The maximum absolute atomic E-state index is 12.8. The summed E-state index contributed by atoms with van der Waals surface area (Å²) in [4.78, 5) is 0.413. The number of hydrogen-bond donors (Lipinski definition) is 1. The number of nitrogens with zero attached hydrogens (tertiary/aromatic N) is 1. The molecule has 0 unspecified atom stereocenters. The number of benzene rings is 1. The van der Waals surface area contributed by atoms with E-state index >= 15 is 0 Å². The van der Waals surface area contributed by atoms with E-state index in [9.17, 15) is 8.42 Å². The molecule has 0 atom stereocenters. The summed E-state index contributed by atoms with van der Waals surface area (Å²) in [5, 5.41) is 0. The van der Waals surface area contributed by atoms with Gasteiger partial charge in [0.05, 0.1) is 4.90 Å². The number of hydrogen-bond acceptors (Lipinski definition) is 3. The topological polar surface area (TPSA) is 63.4 Å². The van der Waals surface area contributed by atoms with Crippen molar-refractivity contribution in [2.45, 2.75) is 50.6 Å². The van der Waals surface area contributed by atoms with Crippen LogP contribution in [0.15, 0.2) is 23.1 Å². The van der Waals surface area contributed by atoms with Gasteiger partial charge >= 0.3 is 0 Å². The van der Waals surface area contributed by atoms with E-state index in [2.05, 4.69) is 0 Å². The van der Waals surface area contributed by atoms with Gasteiger partial charge in [0.15, 0.2) is 0 Å². The molecule has 2 N–H and O–H groups in total. The first-order valence-electron chi connectivity index (χ1n) is 6.82. The summed E-state index contributed by atoms with van der Waals surface area (Å²) >= 11 is 0. The maximum atomic E-state index is 12.8. The third kappa shape index (κ3) is 2.83. The minimum atomic E-state index is -3.39. The molecule has 0 saturated heterocycles. The van der Waals surface area contributed by atoms with Gasteiger partial charge in [-0.2, -0.15) is 4.31 Å². The monoisotopic (exact) mass is 282 g/mol. The van der Waals surface area contributed by atoms with Crippen LogP contribution in [0.5, 0.6) is 0 Å². The highest BCUT2D eigenvalue weighted by Gasteiger charge is 2.38. The average molecular weight is 282 g/mol. The molecule has 19 heavy (non-hydrogen) atoms. The number of rotatable bonds is 6. The largest absolute Gasteiger partial charge is 0.326 e. The molecule has 1 fully saturated rings. The lowest BCUT2D eigenvalue weighted by molar-refractivity contribution is 0.403. The fourth-order valence-electron chi connectivity index (χ4n) is 2.37. The zero-order chi connectivity index (χ0) is 14.0. The summed E-state index contributed by atoms with van der Waals surface area (Å²) in [7, 11) is -3.39. The second kappa shape index (κ2) is 5.61. The van der Waals surface area contributed by atoms with Crippen molar-refractivity contribution in [1.29, 1.82) is 0 Å². The van der Waals surface area contributed by atoms with Crippen LogP contribution < -0.4 is 5.73 Å². The van der Waals surface area contributed by atoms with E-state index in [-0.39, 0.29) is 6.04 Å². The summed E-state index contributed by atoms with van der Waals surface area (Å²) in [6.45, 7) is 4.81. The van der Waals surface area contributed by atoms with Gasteiger partial charge in [-0.05, 0) is 43.4 Å². The lowest BCUT2D eigenvalue weighted by Gasteiger charge is -2.23. The van der Waals surface area contributed by atoms with E-state index in [0.717, 1.165) is 30.4 Å². The summed E-state index contributed by atoms with van der Waals surface area (Å²) in [5.41, 5.74) is 7.34. The van der Waals surface area contributed by atoms with Crippen molar-refractivity contribution in [2.75, 3.05) is 6.54 Å². The van der Waals surface area contributed by atoms with Gasteiger partial charge in [0, 0.05) is 19.1 Å². The van der Waals surface area contributed by atoms with Crippen LogP contribution in [-0.4, -0.2) is 25.3 Å². The van der Waals surface area contributed by atoms with Crippen LogP contribution in [0.1, 0.15) is 37.3 Å². The lowest BCUT2D eigenvalue weighted by atomic mass is 10.1. The van der Waals surface area contributed by atoms with Crippen LogP contribution in [0, 0.1) is 6.92 Å². The molecule has 0 aliphatic heterocycles. The van der Waals surface area contributed by atoms with E-state index < -0.39 is 10.0 Å². The van der Waals surface area contributed by atoms with Crippen molar-refractivity contribution in [3.8, 4) is 0 Å². The normalized spacial score (nSPS) is 16.0. The molecule has 1 aliphatic rings. The van der Waals surface area contributed by atoms with Gasteiger partial charge in [-0.1, -0.05) is 19.1 Å². The van der Waals surface area contributed by atoms with Gasteiger partial charge in [-0.15, -0.1) is 0 Å². The molecule has 0 radical (unpaired) electrons. The molecular weight excluding hydrogens is 260 g/mol. The third-order valence-electron chi connectivity index (χ3n) is 3.60. The van der Waals surface area contributed by atoms with Crippen LogP contribution in [-0.2, 0) is 16.6 Å². The highest BCUT2D eigenvalue weighted by Crippen LogP contribution is 2.33. The summed E-state index contributed by atoms with van der Waals surface area (Å²) in [6, 6.07) is 5.55. The zero-order valence-electron chi connectivity index (χ0n) is 11.6. The van der Waals surface area contributed by atoms with Crippen molar-refractivity contribution in [3.63, 3.8) is 0 Å². The van der Waals surface area contributed by atoms with Crippen molar-refractivity contribution in [3.05, 3.63) is 29.3 Å². The zero-order valence-corrected chi connectivity index (χ0v) is 12.4. The predicted octanol–water partition coefficient (Wildman–Crippen LogP) is 2.02. The standard InChI is InChI=1S/C14H22N2O2S/c1-3-9-16(13-7-8-13)19(17,18)14-6-4-5-12(10-15)11(14)2/h4-6,13H,3,7-10,15H2,1-2H3. The molecule has 0 bridgehead atoms. The third-order valence-corrected chi connectivity index (χ3v) is 5.70. The molecule has 4 nitrogen and oxygen atoms in total. The molecular formula is C14H22N2O2S. The van der Waals surface area contributed by atoms with E-state index in [0.29, 0.717) is 18.0 Å². The van der Waals surface area contributed by atoms with Crippen molar-refractivity contribution < 1.29 is 8.42 Å². The maximum Gasteiger partial charge on any atom is 0.243 e. The Kier molecular flexibility index (Phi) is 4.28. The summed E-state index contributed by atoms with van der Waals surface area (Å²) in [5.74, 6) is 0. The number of nitrogens with two attached hydrogens (primary N) is 1. The lowest BCUT2D eigenvalue weighted by Crippen LogP contribution is -2.34. The molecule has 0 spiro atoms. The molecule has 106 valence electrons. The minimum Gasteiger partial charge on any atom is -0.326 e. The molecule has 1 aliphatic carbocycles. The molecule has 0 heterocycles. The van der Waals surface area contributed by atoms with Crippen molar-refractivity contribution >= 4 is 10.0 Å². The van der Waals surface area contributed by atoms with Crippen LogP contribution >= 0.6 is 0 Å². The molecule has 1 aromatic carbocycles. The Labute approximate surface area is 115 Å². The fourth-order valence-corrected chi connectivity index (χ4v) is 4.42. The van der Waals surface area contributed by atoms with Gasteiger partial charge in [-0.3, -0.25) is 0 Å². The van der Waals surface area contributed by atoms with Crippen LogP contribution in [0.2, 0.25) is 0 Å². The first kappa shape index (κ1) is 14.5. The Morgan fingerprint density at radius 3 is 2.58 bits per heavy atom. The highest BCUT2D eigenvalue weighted by molar-refractivity contribution is 7.89. The quantitative estimate of drug-likeness (QED) is 0.868. The summed E-state index contributed by atoms with van der Waals surface area (Å²) < 4.78 is 27.2. The Hall–Kier alpha value is -0.910. The minimum absolute atomic E-state index is 0.200. The van der Waals surface area contributed by atoms with Gasteiger partial charge in [0.1, 0.15) is 0 Å². The molecule has 2 rings (SSSR count). The van der Waals surface area contributed by atoms with Crippen LogP contribution in [0.4, 0.5) is 0 Å². The van der Waals surface area contributed by atoms with E-state index in [1.807, 2.05) is 19.9 Å². The average Bonchev–Trinajstić information content (AvgIpc) is 3.20. The Morgan fingerprint density at radius 2 is 2.05 bits per heavy atom. The first-order chi connectivity index (χ1) is 9.02. The van der Waals surface area contributed by atoms with E-state index in [4.69, 9.17) is 5.73 Å². The molecule has 0 aromatic heterocycles. The second-order valence-corrected chi connectivity index (χ2v) is 6.95.